The summed E-state index contributed by atoms with van der Waals surface area (Å²) in [5, 5.41) is 8.74. The van der Waals surface area contributed by atoms with Gasteiger partial charge in [-0.25, -0.2) is 4.98 Å². The van der Waals surface area contributed by atoms with E-state index in [-0.39, 0.29) is 5.91 Å². The van der Waals surface area contributed by atoms with Gasteiger partial charge in [-0.15, -0.1) is 0 Å². The van der Waals surface area contributed by atoms with Crippen molar-refractivity contribution in [3.8, 4) is 6.07 Å². The number of nitrogens with one attached hydrogen (secondary N) is 1. The second-order valence-electron chi connectivity index (χ2n) is 4.49. The van der Waals surface area contributed by atoms with Gasteiger partial charge in [-0.2, -0.15) is 5.26 Å². The molecule has 1 aliphatic heterocycles. The molecule has 0 unspecified atom stereocenters. The van der Waals surface area contributed by atoms with Crippen LogP contribution in [-0.2, 0) is 13.0 Å². The molecule has 1 aromatic carbocycles. The van der Waals surface area contributed by atoms with Crippen molar-refractivity contribution in [1.29, 1.82) is 5.26 Å². The number of nitriles is 1. The number of H-pyrrole nitrogens is 1. The molecule has 1 aromatic heterocycles. The molecule has 5 heteroatoms. The van der Waals surface area contributed by atoms with Gasteiger partial charge in [-0.05, 0) is 24.3 Å². The third-order valence-corrected chi connectivity index (χ3v) is 3.32. The number of aromatic nitrogens is 2. The molecule has 1 aliphatic rings. The van der Waals surface area contributed by atoms with Gasteiger partial charge in [0.2, 0.25) is 0 Å². The van der Waals surface area contributed by atoms with Crippen molar-refractivity contribution < 1.29 is 4.79 Å². The summed E-state index contributed by atoms with van der Waals surface area (Å²) < 4.78 is 0. The lowest BCUT2D eigenvalue weighted by atomic mass is 10.1. The van der Waals surface area contributed by atoms with E-state index in [0.717, 1.165) is 17.8 Å². The fraction of sp³-hybridized carbons (Fsp3) is 0.214. The molecule has 3 rings (SSSR count). The number of hydrogen-bond acceptors (Lipinski definition) is 3. The highest BCUT2D eigenvalue weighted by Crippen LogP contribution is 2.17. The number of nitrogens with zero attached hydrogens (tertiary/aromatic N) is 3. The largest absolute Gasteiger partial charge is 0.347 e. The summed E-state index contributed by atoms with van der Waals surface area (Å²) in [7, 11) is 0. The molecule has 0 saturated carbocycles. The van der Waals surface area contributed by atoms with Crippen molar-refractivity contribution in [2.45, 2.75) is 13.0 Å². The van der Waals surface area contributed by atoms with Crippen molar-refractivity contribution in [2.24, 2.45) is 0 Å². The minimum Gasteiger partial charge on any atom is -0.347 e. The van der Waals surface area contributed by atoms with Crippen molar-refractivity contribution in [3.63, 3.8) is 0 Å². The summed E-state index contributed by atoms with van der Waals surface area (Å²) in [6.45, 7) is 1.24. The summed E-state index contributed by atoms with van der Waals surface area (Å²) in [6.07, 6.45) is 2.45. The van der Waals surface area contributed by atoms with Crippen LogP contribution in [0, 0.1) is 11.3 Å². The van der Waals surface area contributed by atoms with Gasteiger partial charge < -0.3 is 9.88 Å². The Balaban J connectivity index is 1.79. The number of aromatic amines is 1. The standard InChI is InChI=1S/C14H12N4O/c15-7-10-1-3-11(4-2-10)14(19)18-6-5-12-13(8-18)17-9-16-12/h1-4,9H,5-6,8H2,(H,16,17). The number of benzene rings is 1. The predicted octanol–water partition coefficient (Wildman–Crippen LogP) is 1.48. The normalized spacial score (nSPS) is 13.7. The predicted molar refractivity (Wildman–Crippen MR) is 68.2 cm³/mol. The SMILES string of the molecule is N#Cc1ccc(C(=O)N2CCc3nc[nH]c3C2)cc1. The molecule has 0 aliphatic carbocycles. The summed E-state index contributed by atoms with van der Waals surface area (Å²) in [5.74, 6) is -0.00950. The van der Waals surface area contributed by atoms with E-state index < -0.39 is 0 Å². The van der Waals surface area contributed by atoms with Crippen LogP contribution in [0.15, 0.2) is 30.6 Å². The fourth-order valence-corrected chi connectivity index (χ4v) is 2.26. The van der Waals surface area contributed by atoms with Crippen LogP contribution in [0.3, 0.4) is 0 Å². The minimum atomic E-state index is -0.00950. The second kappa shape index (κ2) is 4.58. The molecule has 94 valence electrons. The molecule has 2 aromatic rings. The van der Waals surface area contributed by atoms with E-state index in [0.29, 0.717) is 24.2 Å². The lowest BCUT2D eigenvalue weighted by Gasteiger charge is -2.26. The van der Waals surface area contributed by atoms with Crippen LogP contribution in [0.5, 0.6) is 0 Å². The number of rotatable bonds is 1. The maximum atomic E-state index is 12.3. The Kier molecular flexibility index (Phi) is 2.76. The fourth-order valence-electron chi connectivity index (χ4n) is 2.26. The third-order valence-electron chi connectivity index (χ3n) is 3.32. The maximum Gasteiger partial charge on any atom is 0.254 e. The molecule has 19 heavy (non-hydrogen) atoms. The highest BCUT2D eigenvalue weighted by molar-refractivity contribution is 5.94. The Bertz CT molecular complexity index is 651. The summed E-state index contributed by atoms with van der Waals surface area (Å²) in [4.78, 5) is 21.4. The molecule has 0 fully saturated rings. The molecular formula is C14H12N4O. The zero-order chi connectivity index (χ0) is 13.2. The van der Waals surface area contributed by atoms with Crippen LogP contribution in [0.1, 0.15) is 27.3 Å². The van der Waals surface area contributed by atoms with Gasteiger partial charge in [0, 0.05) is 18.5 Å². The van der Waals surface area contributed by atoms with Gasteiger partial charge in [0.25, 0.3) is 5.91 Å². The molecular weight excluding hydrogens is 240 g/mol. The van der Waals surface area contributed by atoms with Crippen LogP contribution in [0.4, 0.5) is 0 Å². The topological polar surface area (TPSA) is 72.8 Å². The molecule has 2 heterocycles. The molecule has 1 amide bonds. The Morgan fingerprint density at radius 3 is 2.89 bits per heavy atom. The minimum absolute atomic E-state index is 0.00950. The van der Waals surface area contributed by atoms with Crippen molar-refractivity contribution in [2.75, 3.05) is 6.54 Å². The number of imidazole rings is 1. The first-order valence-electron chi connectivity index (χ1n) is 6.08. The summed E-state index contributed by atoms with van der Waals surface area (Å²) in [6, 6.07) is 8.77. The van der Waals surface area contributed by atoms with E-state index in [1.807, 2.05) is 6.07 Å². The van der Waals surface area contributed by atoms with Crippen LogP contribution in [0.2, 0.25) is 0 Å². The molecule has 1 N–H and O–H groups in total. The first-order chi connectivity index (χ1) is 9.28. The smallest absolute Gasteiger partial charge is 0.254 e. The van der Waals surface area contributed by atoms with Crippen molar-refractivity contribution >= 4 is 5.91 Å². The van der Waals surface area contributed by atoms with E-state index in [1.54, 1.807) is 35.5 Å². The zero-order valence-electron chi connectivity index (χ0n) is 10.3. The zero-order valence-corrected chi connectivity index (χ0v) is 10.3. The lowest BCUT2D eigenvalue weighted by Crippen LogP contribution is -2.36. The van der Waals surface area contributed by atoms with Gasteiger partial charge in [0.15, 0.2) is 0 Å². The summed E-state index contributed by atoms with van der Waals surface area (Å²) in [5.41, 5.74) is 3.23. The van der Waals surface area contributed by atoms with Gasteiger partial charge >= 0.3 is 0 Å². The molecule has 5 nitrogen and oxygen atoms in total. The number of amides is 1. The highest BCUT2D eigenvalue weighted by Gasteiger charge is 2.23. The number of carbonyl (C=O) groups excluding carboxylic acids is 1. The second-order valence-corrected chi connectivity index (χ2v) is 4.49. The summed E-state index contributed by atoms with van der Waals surface area (Å²) >= 11 is 0. The Morgan fingerprint density at radius 1 is 1.37 bits per heavy atom. The lowest BCUT2D eigenvalue weighted by molar-refractivity contribution is 0.0732. The van der Waals surface area contributed by atoms with Crippen LogP contribution >= 0.6 is 0 Å². The Morgan fingerprint density at radius 2 is 2.16 bits per heavy atom. The van der Waals surface area contributed by atoms with E-state index >= 15 is 0 Å². The molecule has 0 radical (unpaired) electrons. The van der Waals surface area contributed by atoms with E-state index in [4.69, 9.17) is 5.26 Å². The number of fused-ring (bicyclic) bond motifs is 1. The first-order valence-corrected chi connectivity index (χ1v) is 6.08. The van der Waals surface area contributed by atoms with Crippen LogP contribution in [-0.4, -0.2) is 27.3 Å². The van der Waals surface area contributed by atoms with Crippen LogP contribution < -0.4 is 0 Å². The van der Waals surface area contributed by atoms with Crippen molar-refractivity contribution in [1.82, 2.24) is 14.9 Å². The number of hydrogen-bond donors (Lipinski definition) is 1. The van der Waals surface area contributed by atoms with Crippen LogP contribution in [0.25, 0.3) is 0 Å². The van der Waals surface area contributed by atoms with Gasteiger partial charge in [0.05, 0.1) is 35.9 Å². The number of carbonyl (C=O) groups is 1. The third kappa shape index (κ3) is 2.08. The monoisotopic (exact) mass is 252 g/mol. The van der Waals surface area contributed by atoms with Crippen molar-refractivity contribution in [3.05, 3.63) is 53.1 Å². The Labute approximate surface area is 110 Å². The molecule has 0 saturated heterocycles. The van der Waals surface area contributed by atoms with Gasteiger partial charge in [-0.1, -0.05) is 0 Å². The molecule has 0 atom stereocenters. The van der Waals surface area contributed by atoms with E-state index in [9.17, 15) is 4.79 Å². The van der Waals surface area contributed by atoms with E-state index in [2.05, 4.69) is 9.97 Å². The first kappa shape index (κ1) is 11.5. The average Bonchev–Trinajstić information content (AvgIpc) is 2.94. The maximum absolute atomic E-state index is 12.3. The Hall–Kier alpha value is -2.61. The molecule has 0 spiro atoms. The van der Waals surface area contributed by atoms with Gasteiger partial charge in [-0.3, -0.25) is 4.79 Å². The average molecular weight is 252 g/mol. The van der Waals surface area contributed by atoms with Gasteiger partial charge in [0.1, 0.15) is 0 Å². The highest BCUT2D eigenvalue weighted by atomic mass is 16.2. The van der Waals surface area contributed by atoms with E-state index in [1.165, 1.54) is 0 Å². The molecule has 0 bridgehead atoms. The quantitative estimate of drug-likeness (QED) is 0.835.